The number of unbranched alkanes of at least 4 members (excludes halogenated alkanes) is 1. The minimum absolute atomic E-state index is 0.109. The van der Waals surface area contributed by atoms with E-state index in [2.05, 4.69) is 5.32 Å². The molecule has 0 aliphatic heterocycles. The highest BCUT2D eigenvalue weighted by Crippen LogP contribution is 2.34. The average Bonchev–Trinajstić information content (AvgIpc) is 2.42. The second-order valence-electron chi connectivity index (χ2n) is 5.28. The Kier molecular flexibility index (Phi) is 6.79. The number of benzene rings is 1. The number of nitrogens with one attached hydrogen (secondary N) is 2. The topological polar surface area (TPSA) is 113 Å². The van der Waals surface area contributed by atoms with Crippen molar-refractivity contribution in [1.82, 2.24) is 0 Å². The largest absolute Gasteiger partial charge is 0.481 e. The van der Waals surface area contributed by atoms with Crippen LogP contribution in [-0.2, 0) is 25.8 Å². The lowest BCUT2D eigenvalue weighted by atomic mass is 10.1. The molecule has 0 radical (unpaired) electrons. The van der Waals surface area contributed by atoms with Crippen LogP contribution in [0.1, 0.15) is 31.2 Å². The van der Waals surface area contributed by atoms with Gasteiger partial charge in [-0.2, -0.15) is 13.2 Å². The highest BCUT2D eigenvalue weighted by molar-refractivity contribution is 7.92. The van der Waals surface area contributed by atoms with E-state index in [4.69, 9.17) is 5.11 Å². The quantitative estimate of drug-likeness (QED) is 0.599. The molecule has 0 aliphatic rings. The molecular weight excluding hydrogens is 365 g/mol. The first-order chi connectivity index (χ1) is 11.4. The molecule has 0 saturated heterocycles. The van der Waals surface area contributed by atoms with Gasteiger partial charge in [-0.25, -0.2) is 8.42 Å². The van der Waals surface area contributed by atoms with Gasteiger partial charge in [0, 0.05) is 12.8 Å². The Hall–Kier alpha value is -2.30. The summed E-state index contributed by atoms with van der Waals surface area (Å²) in [7, 11) is -3.76. The van der Waals surface area contributed by atoms with Gasteiger partial charge in [0.05, 0.1) is 23.2 Å². The van der Waals surface area contributed by atoms with Crippen molar-refractivity contribution in [3.05, 3.63) is 23.8 Å². The number of carbonyl (C=O) groups excluding carboxylic acids is 1. The Balaban J connectivity index is 2.92. The molecule has 0 aromatic heterocycles. The molecular formula is C14H17F3N2O5S. The number of halogens is 3. The van der Waals surface area contributed by atoms with E-state index in [-0.39, 0.29) is 37.1 Å². The molecule has 1 aromatic rings. The van der Waals surface area contributed by atoms with Crippen molar-refractivity contribution in [3.63, 3.8) is 0 Å². The van der Waals surface area contributed by atoms with E-state index in [0.29, 0.717) is 12.1 Å². The van der Waals surface area contributed by atoms with E-state index >= 15 is 0 Å². The van der Waals surface area contributed by atoms with Gasteiger partial charge in [-0.3, -0.25) is 14.3 Å². The molecule has 0 unspecified atom stereocenters. The zero-order valence-electron chi connectivity index (χ0n) is 13.2. The zero-order chi connectivity index (χ0) is 19.3. The first kappa shape index (κ1) is 20.7. The SMILES string of the molecule is CS(=O)(=O)Nc1ccc(C(F)(F)F)cc1NC(=O)CCCCC(=O)O. The van der Waals surface area contributed by atoms with Gasteiger partial charge < -0.3 is 10.4 Å². The van der Waals surface area contributed by atoms with Crippen LogP contribution in [0.3, 0.4) is 0 Å². The summed E-state index contributed by atoms with van der Waals surface area (Å²) in [6.07, 6.45) is -3.61. The van der Waals surface area contributed by atoms with Crippen molar-refractivity contribution >= 4 is 33.3 Å². The number of aliphatic carboxylic acids is 1. The standard InChI is InChI=1S/C14H17F3N2O5S/c1-25(23,24)19-10-7-6-9(14(15,16)17)8-11(10)18-12(20)4-2-3-5-13(21)22/h6-8,19H,2-5H2,1H3,(H,18,20)(H,21,22). The minimum atomic E-state index is -4.66. The minimum Gasteiger partial charge on any atom is -0.481 e. The van der Waals surface area contributed by atoms with Gasteiger partial charge in [0.15, 0.2) is 0 Å². The number of carboxylic acids is 1. The Morgan fingerprint density at radius 2 is 1.72 bits per heavy atom. The third kappa shape index (κ3) is 7.88. The molecule has 11 heteroatoms. The van der Waals surface area contributed by atoms with E-state index in [9.17, 15) is 31.2 Å². The molecule has 3 N–H and O–H groups in total. The Morgan fingerprint density at radius 1 is 1.12 bits per heavy atom. The van der Waals surface area contributed by atoms with Crippen LogP contribution < -0.4 is 10.0 Å². The molecule has 1 amide bonds. The smallest absolute Gasteiger partial charge is 0.416 e. The average molecular weight is 382 g/mol. The van der Waals surface area contributed by atoms with Gasteiger partial charge in [0.2, 0.25) is 15.9 Å². The van der Waals surface area contributed by atoms with Crippen molar-refractivity contribution < 1.29 is 36.3 Å². The molecule has 1 rings (SSSR count). The van der Waals surface area contributed by atoms with Gasteiger partial charge in [-0.15, -0.1) is 0 Å². The predicted octanol–water partition coefficient (Wildman–Crippen LogP) is 2.66. The molecule has 0 saturated carbocycles. The maximum atomic E-state index is 12.8. The first-order valence-corrected chi connectivity index (χ1v) is 8.98. The van der Waals surface area contributed by atoms with Crippen molar-refractivity contribution in [3.8, 4) is 0 Å². The molecule has 0 aliphatic carbocycles. The summed E-state index contributed by atoms with van der Waals surface area (Å²) in [4.78, 5) is 22.2. The van der Waals surface area contributed by atoms with E-state index in [0.717, 1.165) is 12.3 Å². The Bertz CT molecular complexity index is 747. The van der Waals surface area contributed by atoms with Crippen LogP contribution in [0.15, 0.2) is 18.2 Å². The Labute approximate surface area is 142 Å². The van der Waals surface area contributed by atoms with E-state index in [1.54, 1.807) is 0 Å². The van der Waals surface area contributed by atoms with Crippen molar-refractivity contribution in [2.75, 3.05) is 16.3 Å². The number of carboxylic acid groups (broad SMARTS) is 1. The van der Waals surface area contributed by atoms with Crippen molar-refractivity contribution in [2.24, 2.45) is 0 Å². The van der Waals surface area contributed by atoms with Crippen LogP contribution in [0.25, 0.3) is 0 Å². The van der Waals surface area contributed by atoms with Gasteiger partial charge in [0.1, 0.15) is 0 Å². The number of carbonyl (C=O) groups is 2. The van der Waals surface area contributed by atoms with Gasteiger partial charge >= 0.3 is 12.1 Å². The molecule has 0 fully saturated rings. The van der Waals surface area contributed by atoms with Gasteiger partial charge in [-0.05, 0) is 31.0 Å². The number of alkyl halides is 3. The summed E-state index contributed by atoms with van der Waals surface area (Å²) in [5, 5.41) is 10.7. The Morgan fingerprint density at radius 3 is 2.24 bits per heavy atom. The summed E-state index contributed by atoms with van der Waals surface area (Å²) in [5.74, 6) is -1.67. The first-order valence-electron chi connectivity index (χ1n) is 7.09. The van der Waals surface area contributed by atoms with Crippen LogP contribution >= 0.6 is 0 Å². The maximum Gasteiger partial charge on any atom is 0.416 e. The third-order valence-electron chi connectivity index (χ3n) is 2.96. The van der Waals surface area contributed by atoms with Crippen LogP contribution in [-0.4, -0.2) is 31.7 Å². The third-order valence-corrected chi connectivity index (χ3v) is 3.55. The molecule has 0 atom stereocenters. The maximum absolute atomic E-state index is 12.8. The molecule has 0 spiro atoms. The van der Waals surface area contributed by atoms with Gasteiger partial charge in [-0.1, -0.05) is 0 Å². The van der Waals surface area contributed by atoms with Crippen LogP contribution in [0.4, 0.5) is 24.5 Å². The van der Waals surface area contributed by atoms with E-state index in [1.165, 1.54) is 0 Å². The van der Waals surface area contributed by atoms with Crippen LogP contribution in [0.2, 0.25) is 0 Å². The number of anilines is 2. The van der Waals surface area contributed by atoms with Crippen LogP contribution in [0, 0.1) is 0 Å². The fraction of sp³-hybridized carbons (Fsp3) is 0.429. The number of hydrogen-bond acceptors (Lipinski definition) is 4. The molecule has 0 heterocycles. The lowest BCUT2D eigenvalue weighted by molar-refractivity contribution is -0.138. The summed E-state index contributed by atoms with van der Waals surface area (Å²) in [6.45, 7) is 0. The monoisotopic (exact) mass is 382 g/mol. The summed E-state index contributed by atoms with van der Waals surface area (Å²) in [5.41, 5.74) is -1.58. The zero-order valence-corrected chi connectivity index (χ0v) is 14.0. The second kappa shape index (κ2) is 8.19. The molecule has 25 heavy (non-hydrogen) atoms. The summed E-state index contributed by atoms with van der Waals surface area (Å²) < 4.78 is 63.0. The van der Waals surface area contributed by atoms with E-state index in [1.807, 2.05) is 4.72 Å². The summed E-state index contributed by atoms with van der Waals surface area (Å²) in [6, 6.07) is 2.22. The number of sulfonamides is 1. The van der Waals surface area contributed by atoms with E-state index < -0.39 is 33.6 Å². The lowest BCUT2D eigenvalue weighted by Crippen LogP contribution is -2.17. The normalized spacial score (nSPS) is 11.8. The highest BCUT2D eigenvalue weighted by atomic mass is 32.2. The highest BCUT2D eigenvalue weighted by Gasteiger charge is 2.31. The molecule has 1 aromatic carbocycles. The second-order valence-corrected chi connectivity index (χ2v) is 7.03. The fourth-order valence-corrected chi connectivity index (χ4v) is 2.46. The van der Waals surface area contributed by atoms with Crippen LogP contribution in [0.5, 0.6) is 0 Å². The van der Waals surface area contributed by atoms with Gasteiger partial charge in [0.25, 0.3) is 0 Å². The molecule has 140 valence electrons. The molecule has 0 bridgehead atoms. The predicted molar refractivity (Wildman–Crippen MR) is 84.6 cm³/mol. The number of hydrogen-bond donors (Lipinski definition) is 3. The fourth-order valence-electron chi connectivity index (χ4n) is 1.89. The summed E-state index contributed by atoms with van der Waals surface area (Å²) >= 11 is 0. The number of amides is 1. The van der Waals surface area contributed by atoms with Crippen molar-refractivity contribution in [2.45, 2.75) is 31.9 Å². The molecule has 7 nitrogen and oxygen atoms in total. The number of rotatable bonds is 8. The van der Waals surface area contributed by atoms with Crippen molar-refractivity contribution in [1.29, 1.82) is 0 Å². The lowest BCUT2D eigenvalue weighted by Gasteiger charge is -2.15.